The number of azide groups is 1. The van der Waals surface area contributed by atoms with Crippen molar-refractivity contribution in [1.29, 1.82) is 5.26 Å². The van der Waals surface area contributed by atoms with Crippen molar-refractivity contribution in [2.75, 3.05) is 58.0 Å². The molecule has 0 amide bonds. The molecule has 0 saturated carbocycles. The van der Waals surface area contributed by atoms with Gasteiger partial charge in [-0.3, -0.25) is 43.0 Å². The van der Waals surface area contributed by atoms with Crippen LogP contribution in [0.4, 0.5) is 13.2 Å². The SMILES string of the molecule is C.C.C1CCOC1.C1CCOC1.CCC[C@]1(CC)O[C@@H](n2ccc(=O)[nH]c2=O)[C@@H](F)C1O.CCC[C@]1(CC)O[C@@H](n2ccc(=O)[nH]c2=O)[C@@H](F)C1OP(C)OCCC#N.CC[C@@]1(CCN=[N+]=[N-])O[C@@H](n2ccc(=O)[nH]c2=O)[C@@H](F)C1O.CCl.ClCCl.O.c1ccc(P(c2ccccc2)c2ccccc2)cc1. The van der Waals surface area contributed by atoms with Crippen LogP contribution in [-0.2, 0) is 32.7 Å². The number of ether oxygens (including phenoxy) is 5. The van der Waals surface area contributed by atoms with Crippen molar-refractivity contribution < 1.29 is 61.6 Å². The molecule has 11 rings (SSSR count). The minimum Gasteiger partial charge on any atom is -0.412 e. The first-order chi connectivity index (χ1) is 49.6. The largest absolute Gasteiger partial charge is 0.412 e. The Labute approximate surface area is 634 Å². The van der Waals surface area contributed by atoms with E-state index < -0.39 is 122 Å². The van der Waals surface area contributed by atoms with Crippen molar-refractivity contribution in [3.8, 4) is 6.07 Å². The molecule has 0 radical (unpaired) electrons. The second-order valence-electron chi connectivity index (χ2n) is 23.5. The number of benzene rings is 3. The van der Waals surface area contributed by atoms with Crippen LogP contribution in [0.5, 0.6) is 0 Å². The first kappa shape index (κ1) is 97.6. The molecule has 106 heavy (non-hydrogen) atoms. The molecule has 13 atom stereocenters. The zero-order valence-electron chi connectivity index (χ0n) is 59.5. The van der Waals surface area contributed by atoms with E-state index in [-0.39, 0.29) is 58.1 Å². The van der Waals surface area contributed by atoms with Gasteiger partial charge in [0, 0.05) is 87.7 Å². The molecule has 5 saturated heterocycles. The summed E-state index contributed by atoms with van der Waals surface area (Å²) in [5, 5.41) is 36.6. The third-order valence-corrected chi connectivity index (χ3v) is 20.5. The Balaban J connectivity index is 0.000000658. The Morgan fingerprint density at radius 1 is 0.594 bits per heavy atom. The summed E-state index contributed by atoms with van der Waals surface area (Å²) in [5.74, 6) is 0. The molecule has 5 fully saturated rings. The van der Waals surface area contributed by atoms with Crippen LogP contribution in [-0.4, -0.2) is 156 Å². The zero-order valence-corrected chi connectivity index (χ0v) is 63.5. The number of alkyl halides is 6. The maximum atomic E-state index is 15.4. The van der Waals surface area contributed by atoms with E-state index in [2.05, 4.69) is 123 Å². The van der Waals surface area contributed by atoms with E-state index in [1.165, 1.54) is 60.4 Å². The monoisotopic (exact) mass is 1590 g/mol. The van der Waals surface area contributed by atoms with Gasteiger partial charge < -0.3 is 48.4 Å². The van der Waals surface area contributed by atoms with Crippen LogP contribution in [0.1, 0.15) is 152 Å². The first-order valence-electron chi connectivity index (χ1n) is 33.9. The summed E-state index contributed by atoms with van der Waals surface area (Å²) in [4.78, 5) is 77.7. The van der Waals surface area contributed by atoms with Gasteiger partial charge in [0.25, 0.3) is 16.7 Å². The number of aromatic amines is 3. The molecule has 34 heteroatoms. The molecule has 0 bridgehead atoms. The van der Waals surface area contributed by atoms with E-state index in [0.29, 0.717) is 25.7 Å². The van der Waals surface area contributed by atoms with Gasteiger partial charge in [0.05, 0.1) is 35.6 Å². The van der Waals surface area contributed by atoms with E-state index in [4.69, 9.17) is 66.7 Å². The molecule has 4 unspecified atom stereocenters. The van der Waals surface area contributed by atoms with E-state index in [1.807, 2.05) is 38.7 Å². The number of H-pyrrole nitrogens is 3. The molecule has 3 aromatic carbocycles. The van der Waals surface area contributed by atoms with Crippen LogP contribution in [0.2, 0.25) is 0 Å². The second kappa shape index (κ2) is 51.9. The highest BCUT2D eigenvalue weighted by atomic mass is 35.5. The van der Waals surface area contributed by atoms with Crippen molar-refractivity contribution in [2.45, 2.75) is 205 Å². The molecule has 6 aromatic rings. The fourth-order valence-corrected chi connectivity index (χ4v) is 15.2. The zero-order chi connectivity index (χ0) is 76.0. The highest BCUT2D eigenvalue weighted by molar-refractivity contribution is 7.79. The van der Waals surface area contributed by atoms with Gasteiger partial charge >= 0.3 is 17.1 Å². The normalized spacial score (nSPS) is 24.5. The molecule has 3 aromatic heterocycles. The van der Waals surface area contributed by atoms with E-state index in [1.54, 1.807) is 13.6 Å². The van der Waals surface area contributed by atoms with Gasteiger partial charge in [0.1, 0.15) is 23.9 Å². The molecule has 592 valence electrons. The average Bonchev–Trinajstić information content (AvgIpc) is 1.63. The minimum absolute atomic E-state index is 0. The number of hydrogen-bond acceptors (Lipinski definition) is 17. The number of nitrogens with one attached hydrogen (secondary N) is 3. The Bertz CT molecular complexity index is 3740. The molecule has 0 aliphatic carbocycles. The van der Waals surface area contributed by atoms with Gasteiger partial charge in [-0.05, 0) is 93.6 Å². The van der Waals surface area contributed by atoms with Gasteiger partial charge in [-0.15, -0.1) is 34.8 Å². The Morgan fingerprint density at radius 3 is 1.23 bits per heavy atom. The Morgan fingerprint density at radius 2 is 0.925 bits per heavy atom. The third kappa shape index (κ3) is 28.2. The topological polar surface area (TPSA) is 374 Å². The van der Waals surface area contributed by atoms with Crippen molar-refractivity contribution in [3.05, 3.63) is 201 Å². The lowest BCUT2D eigenvalue weighted by Crippen LogP contribution is -2.42. The molecule has 7 N–H and O–H groups in total. The number of halogens is 6. The van der Waals surface area contributed by atoms with Gasteiger partial charge in [0.2, 0.25) is 0 Å². The van der Waals surface area contributed by atoms with Gasteiger partial charge in [-0.1, -0.05) is 158 Å². The van der Waals surface area contributed by atoms with E-state index in [0.717, 1.165) is 77.4 Å². The van der Waals surface area contributed by atoms with E-state index in [9.17, 15) is 47.8 Å². The quantitative estimate of drug-likeness (QED) is 0.0112. The number of aliphatic hydroxyl groups excluding tert-OH is 2. The van der Waals surface area contributed by atoms with Crippen LogP contribution >= 0.6 is 51.1 Å². The molecular formula is C72H106Cl3F3N10O16P2. The Hall–Kier alpha value is -6.38. The maximum Gasteiger partial charge on any atom is 0.330 e. The van der Waals surface area contributed by atoms with Gasteiger partial charge in [-0.25, -0.2) is 27.6 Å². The van der Waals surface area contributed by atoms with Crippen LogP contribution in [0, 0.1) is 11.3 Å². The number of nitriles is 1. The smallest absolute Gasteiger partial charge is 0.330 e. The van der Waals surface area contributed by atoms with Gasteiger partial charge in [-0.2, -0.15) is 5.26 Å². The highest BCUT2D eigenvalue weighted by Gasteiger charge is 2.58. The maximum absolute atomic E-state index is 15.4. The summed E-state index contributed by atoms with van der Waals surface area (Å²) in [5.41, 5.74) is 1.11. The fourth-order valence-electron chi connectivity index (χ4n) is 11.9. The lowest BCUT2D eigenvalue weighted by atomic mass is 9.88. The highest BCUT2D eigenvalue weighted by Crippen LogP contribution is 2.51. The van der Waals surface area contributed by atoms with Crippen molar-refractivity contribution >= 4 is 67.0 Å². The number of rotatable bonds is 21. The van der Waals surface area contributed by atoms with Crippen LogP contribution in [0.25, 0.3) is 10.4 Å². The standard InChI is InChI=1S/C18H15P.C17H25FN3O5P.C13H19FN2O4.C12H16FN5O4.2C4H8O.CH2Cl2.CH3Cl.2CH4.H2O/c1-4-10-16(11-5-1)19(17-12-6-2-7-13-17)18-14-8-3-9-15-18;1-4-8-17(5-2)14(26-27(3)24-11-6-9-19)13(18)15(25-17)21-10-7-12(22)20-16(21)23;1-3-6-13(4-2)10(18)9(14)11(20-13)16-7-5-8(17)15-12(16)19;1-2-12(4-5-15-17-14)9(20)8(13)10(22-12)18-6-3-7(19)16-11(18)21;2*1-2-4-5-3-1;2-1-3;1-2;;;/h1-15H;7,10,13-15H,4-6,8,11H2,1-3H3,(H,20,22,23);5,7,9-11,18H,3-4,6H2,1-2H3,(H,15,17,19);3,6,8-10,20H,2,4-5H2,1H3,(H,16,19,21);2*1-4H2;1H2;1H3;2*1H4;1H2/t;13-,14?,15+,17-,27?;9-,10?,11+,13-;8-,9?,10+,12-;;;;;;;/m.000......./s1. The molecule has 26 nitrogen and oxygen atoms in total. The van der Waals surface area contributed by atoms with Crippen LogP contribution in [0.15, 0.2) is 162 Å². The number of aliphatic hydroxyl groups is 2. The minimum atomic E-state index is -1.85. The van der Waals surface area contributed by atoms with Crippen molar-refractivity contribution in [3.63, 3.8) is 0 Å². The van der Waals surface area contributed by atoms with Gasteiger partial charge in [0.15, 0.2) is 45.6 Å². The fraction of sp³-hybridized carbons (Fsp3) is 0.569. The second-order valence-corrected chi connectivity index (χ2v) is 27.9. The molecule has 5 aliphatic heterocycles. The van der Waals surface area contributed by atoms with E-state index >= 15 is 4.39 Å². The Kier molecular flexibility index (Phi) is 47.8. The predicted octanol–water partition coefficient (Wildman–Crippen LogP) is 11.7. The molecule has 8 heterocycles. The molecular weight excluding hydrogens is 1490 g/mol. The summed E-state index contributed by atoms with van der Waals surface area (Å²) in [6.07, 6.45) is 1.49. The third-order valence-electron chi connectivity index (χ3n) is 17.0. The summed E-state index contributed by atoms with van der Waals surface area (Å²) in [6.45, 7) is 15.2. The first-order valence-corrected chi connectivity index (χ1v) is 38.7. The van der Waals surface area contributed by atoms with Crippen LogP contribution < -0.4 is 49.7 Å². The summed E-state index contributed by atoms with van der Waals surface area (Å²) in [7, 11) is -1.87. The van der Waals surface area contributed by atoms with Crippen molar-refractivity contribution in [1.82, 2.24) is 28.7 Å². The van der Waals surface area contributed by atoms with Crippen LogP contribution in [0.3, 0.4) is 0 Å². The predicted molar refractivity (Wildman–Crippen MR) is 413 cm³/mol. The summed E-state index contributed by atoms with van der Waals surface area (Å²) < 4.78 is 85.6. The summed E-state index contributed by atoms with van der Waals surface area (Å²) in [6, 6.07) is 37.6. The van der Waals surface area contributed by atoms with Crippen molar-refractivity contribution in [2.24, 2.45) is 5.11 Å². The molecule has 5 aliphatic rings. The number of hydrogen-bond donors (Lipinski definition) is 5. The summed E-state index contributed by atoms with van der Waals surface area (Å²) >= 11 is 14.2. The lowest BCUT2D eigenvalue weighted by molar-refractivity contribution is -0.111. The average molecular weight is 1590 g/mol. The number of aromatic nitrogens is 6. The molecule has 0 spiro atoms. The lowest BCUT2D eigenvalue weighted by Gasteiger charge is -2.34. The number of nitrogens with zero attached hydrogens (tertiary/aromatic N) is 7.